The van der Waals surface area contributed by atoms with E-state index in [-0.39, 0.29) is 36.4 Å². The molecule has 23 heavy (non-hydrogen) atoms. The summed E-state index contributed by atoms with van der Waals surface area (Å²) in [5.41, 5.74) is 0. The van der Waals surface area contributed by atoms with Crippen molar-refractivity contribution in [2.75, 3.05) is 25.9 Å². The van der Waals surface area contributed by atoms with Gasteiger partial charge >= 0.3 is 6.03 Å². The number of aliphatic hydroxyl groups excluding tert-OH is 1. The minimum atomic E-state index is -3.31. The Kier molecular flexibility index (Phi) is 6.27. The first-order valence-corrected chi connectivity index (χ1v) is 10.1. The maximum atomic E-state index is 12.4. The standard InChI is InChI=1S/C15H29N3O4S/c1-11-5-6-14(19)12(10-11)13-4-3-8-18(13)15(20)17-7-9-23(21,22)16-2/h11-14,16,19H,3-10H2,1-2H3,(H,17,20). The lowest BCUT2D eigenvalue weighted by atomic mass is 9.76. The largest absolute Gasteiger partial charge is 0.393 e. The number of sulfonamides is 1. The van der Waals surface area contributed by atoms with Gasteiger partial charge in [0.1, 0.15) is 0 Å². The van der Waals surface area contributed by atoms with Gasteiger partial charge in [0.15, 0.2) is 0 Å². The van der Waals surface area contributed by atoms with Crippen molar-refractivity contribution in [2.45, 2.75) is 51.2 Å². The topological polar surface area (TPSA) is 98.7 Å². The summed E-state index contributed by atoms with van der Waals surface area (Å²) in [6, 6.07) is -0.155. The van der Waals surface area contributed by atoms with Crippen LogP contribution in [0.15, 0.2) is 0 Å². The predicted octanol–water partition coefficient (Wildman–Crippen LogP) is 0.507. The van der Waals surface area contributed by atoms with Crippen LogP contribution in [-0.4, -0.2) is 62.5 Å². The van der Waals surface area contributed by atoms with Gasteiger partial charge in [-0.2, -0.15) is 0 Å². The molecule has 7 nitrogen and oxygen atoms in total. The summed E-state index contributed by atoms with van der Waals surface area (Å²) in [6.07, 6.45) is 4.30. The van der Waals surface area contributed by atoms with E-state index in [1.165, 1.54) is 7.05 Å². The Bertz CT molecular complexity index is 511. The maximum Gasteiger partial charge on any atom is 0.317 e. The summed E-state index contributed by atoms with van der Waals surface area (Å²) in [4.78, 5) is 14.2. The fourth-order valence-electron chi connectivity index (χ4n) is 3.81. The van der Waals surface area contributed by atoms with Crippen LogP contribution >= 0.6 is 0 Å². The Morgan fingerprint density at radius 3 is 2.74 bits per heavy atom. The Balaban J connectivity index is 1.91. The monoisotopic (exact) mass is 347 g/mol. The van der Waals surface area contributed by atoms with Gasteiger partial charge in [0.2, 0.25) is 10.0 Å². The van der Waals surface area contributed by atoms with E-state index in [9.17, 15) is 18.3 Å². The third-order valence-electron chi connectivity index (χ3n) is 5.14. The van der Waals surface area contributed by atoms with Gasteiger partial charge in [0.25, 0.3) is 0 Å². The lowest BCUT2D eigenvalue weighted by Crippen LogP contribution is -2.50. The normalized spacial score (nSPS) is 32.0. The molecule has 1 aliphatic heterocycles. The van der Waals surface area contributed by atoms with Gasteiger partial charge in [-0.05, 0) is 45.1 Å². The first-order chi connectivity index (χ1) is 10.8. The molecular weight excluding hydrogens is 318 g/mol. The number of hydrogen-bond donors (Lipinski definition) is 3. The second-order valence-electron chi connectivity index (χ2n) is 6.81. The molecule has 4 unspecified atom stereocenters. The number of urea groups is 1. The zero-order chi connectivity index (χ0) is 17.0. The predicted molar refractivity (Wildman–Crippen MR) is 88.5 cm³/mol. The Morgan fingerprint density at radius 1 is 1.30 bits per heavy atom. The van der Waals surface area contributed by atoms with Crippen molar-refractivity contribution in [1.82, 2.24) is 14.9 Å². The molecule has 2 aliphatic rings. The van der Waals surface area contributed by atoms with Crippen LogP contribution in [0.4, 0.5) is 4.79 Å². The lowest BCUT2D eigenvalue weighted by Gasteiger charge is -2.39. The van der Waals surface area contributed by atoms with Crippen LogP contribution in [0.3, 0.4) is 0 Å². The number of rotatable bonds is 5. The van der Waals surface area contributed by atoms with Crippen molar-refractivity contribution in [3.8, 4) is 0 Å². The number of carbonyl (C=O) groups excluding carboxylic acids is 1. The summed E-state index contributed by atoms with van der Waals surface area (Å²) in [7, 11) is -1.95. The molecule has 2 rings (SSSR count). The van der Waals surface area contributed by atoms with Crippen molar-refractivity contribution in [2.24, 2.45) is 11.8 Å². The molecule has 134 valence electrons. The van der Waals surface area contributed by atoms with Crippen molar-refractivity contribution in [1.29, 1.82) is 0 Å². The first-order valence-electron chi connectivity index (χ1n) is 8.48. The molecule has 0 bridgehead atoms. The molecular formula is C15H29N3O4S. The fraction of sp³-hybridized carbons (Fsp3) is 0.933. The highest BCUT2D eigenvalue weighted by atomic mass is 32.2. The van der Waals surface area contributed by atoms with Crippen molar-refractivity contribution < 1.29 is 18.3 Å². The molecule has 1 heterocycles. The highest BCUT2D eigenvalue weighted by Gasteiger charge is 2.40. The zero-order valence-electron chi connectivity index (χ0n) is 14.0. The third-order valence-corrected chi connectivity index (χ3v) is 6.50. The molecule has 0 spiro atoms. The number of aliphatic hydroxyl groups is 1. The third kappa shape index (κ3) is 4.81. The number of nitrogens with zero attached hydrogens (tertiary/aromatic N) is 1. The van der Waals surface area contributed by atoms with Crippen LogP contribution in [0.5, 0.6) is 0 Å². The van der Waals surface area contributed by atoms with Gasteiger partial charge in [-0.1, -0.05) is 6.92 Å². The van der Waals surface area contributed by atoms with Crippen LogP contribution in [0, 0.1) is 11.8 Å². The quantitative estimate of drug-likeness (QED) is 0.675. The summed E-state index contributed by atoms with van der Waals surface area (Å²) < 4.78 is 25.0. The number of amides is 2. The number of carbonyl (C=O) groups is 1. The van der Waals surface area contributed by atoms with E-state index in [1.807, 2.05) is 0 Å². The first kappa shape index (κ1) is 18.5. The van der Waals surface area contributed by atoms with E-state index in [4.69, 9.17) is 0 Å². The van der Waals surface area contributed by atoms with Crippen LogP contribution < -0.4 is 10.0 Å². The molecule has 1 aliphatic carbocycles. The van der Waals surface area contributed by atoms with E-state index in [0.29, 0.717) is 12.5 Å². The van der Waals surface area contributed by atoms with Crippen LogP contribution in [0.1, 0.15) is 39.0 Å². The number of likely N-dealkylation sites (tertiary alicyclic amines) is 1. The van der Waals surface area contributed by atoms with Gasteiger partial charge in [-0.15, -0.1) is 0 Å². The average Bonchev–Trinajstić information content (AvgIpc) is 2.99. The fourth-order valence-corrected chi connectivity index (χ4v) is 4.38. The smallest absolute Gasteiger partial charge is 0.317 e. The second-order valence-corrected chi connectivity index (χ2v) is 8.85. The van der Waals surface area contributed by atoms with E-state index < -0.39 is 10.0 Å². The number of hydrogen-bond acceptors (Lipinski definition) is 4. The van der Waals surface area contributed by atoms with Crippen molar-refractivity contribution in [3.63, 3.8) is 0 Å². The van der Waals surface area contributed by atoms with Gasteiger partial charge < -0.3 is 15.3 Å². The summed E-state index contributed by atoms with van der Waals surface area (Å²) in [5, 5.41) is 13.0. The van der Waals surface area contributed by atoms with Gasteiger partial charge in [-0.25, -0.2) is 17.9 Å². The molecule has 8 heteroatoms. The summed E-state index contributed by atoms with van der Waals surface area (Å²) >= 11 is 0. The van der Waals surface area contributed by atoms with E-state index in [2.05, 4.69) is 17.0 Å². The Labute approximate surface area is 138 Å². The molecule has 1 saturated carbocycles. The molecule has 1 saturated heterocycles. The minimum absolute atomic E-state index is 0.0636. The average molecular weight is 347 g/mol. The second kappa shape index (κ2) is 7.81. The van der Waals surface area contributed by atoms with Crippen LogP contribution in [-0.2, 0) is 10.0 Å². The summed E-state index contributed by atoms with van der Waals surface area (Å²) in [5.74, 6) is 0.583. The molecule has 4 atom stereocenters. The van der Waals surface area contributed by atoms with E-state index in [1.54, 1.807) is 4.90 Å². The molecule has 0 aromatic heterocycles. The lowest BCUT2D eigenvalue weighted by molar-refractivity contribution is 0.0154. The maximum absolute atomic E-state index is 12.4. The molecule has 2 fully saturated rings. The Morgan fingerprint density at radius 2 is 2.04 bits per heavy atom. The summed E-state index contributed by atoms with van der Waals surface area (Å²) in [6.45, 7) is 2.96. The van der Waals surface area contributed by atoms with Crippen molar-refractivity contribution >= 4 is 16.1 Å². The minimum Gasteiger partial charge on any atom is -0.393 e. The van der Waals surface area contributed by atoms with E-state index >= 15 is 0 Å². The van der Waals surface area contributed by atoms with Gasteiger partial charge in [-0.3, -0.25) is 0 Å². The van der Waals surface area contributed by atoms with Crippen molar-refractivity contribution in [3.05, 3.63) is 0 Å². The highest BCUT2D eigenvalue weighted by molar-refractivity contribution is 7.89. The highest BCUT2D eigenvalue weighted by Crippen LogP contribution is 2.37. The molecule has 2 amide bonds. The Hall–Kier alpha value is -0.860. The molecule has 0 radical (unpaired) electrons. The van der Waals surface area contributed by atoms with Crippen LogP contribution in [0.2, 0.25) is 0 Å². The van der Waals surface area contributed by atoms with E-state index in [0.717, 1.165) is 32.1 Å². The molecule has 0 aromatic rings. The number of nitrogens with one attached hydrogen (secondary N) is 2. The zero-order valence-corrected chi connectivity index (χ0v) is 14.8. The molecule has 0 aromatic carbocycles. The van der Waals surface area contributed by atoms with Gasteiger partial charge in [0, 0.05) is 25.0 Å². The van der Waals surface area contributed by atoms with Crippen LogP contribution in [0.25, 0.3) is 0 Å². The SMILES string of the molecule is CNS(=O)(=O)CCNC(=O)N1CCCC1C1CC(C)CCC1O. The van der Waals surface area contributed by atoms with Gasteiger partial charge in [0.05, 0.1) is 11.9 Å². The molecule has 3 N–H and O–H groups in total.